The highest BCUT2D eigenvalue weighted by molar-refractivity contribution is 5.75. The lowest BCUT2D eigenvalue weighted by Gasteiger charge is -2.29. The molecule has 6 heteroatoms. The van der Waals surface area contributed by atoms with Crippen molar-refractivity contribution in [1.82, 2.24) is 10.2 Å². The summed E-state index contributed by atoms with van der Waals surface area (Å²) in [5.74, 6) is -0.885. The van der Waals surface area contributed by atoms with Gasteiger partial charge in [-0.2, -0.15) is 0 Å². The van der Waals surface area contributed by atoms with E-state index in [4.69, 9.17) is 10.2 Å². The van der Waals surface area contributed by atoms with Gasteiger partial charge in [-0.15, -0.1) is 0 Å². The molecule has 0 aliphatic rings. The first-order valence-corrected chi connectivity index (χ1v) is 5.57. The molecular formula is C11H22N2O4. The van der Waals surface area contributed by atoms with Crippen molar-refractivity contribution in [3.05, 3.63) is 0 Å². The molecule has 1 atom stereocenters. The maximum atomic E-state index is 11.7. The summed E-state index contributed by atoms with van der Waals surface area (Å²) in [5.41, 5.74) is -0.581. The number of aliphatic hydroxyl groups is 1. The van der Waals surface area contributed by atoms with Crippen LogP contribution in [0.25, 0.3) is 0 Å². The van der Waals surface area contributed by atoms with Crippen LogP contribution in [0.1, 0.15) is 33.6 Å². The summed E-state index contributed by atoms with van der Waals surface area (Å²) >= 11 is 0. The lowest BCUT2D eigenvalue weighted by atomic mass is 9.99. The number of aliphatic hydroxyl groups excluding tert-OH is 1. The summed E-state index contributed by atoms with van der Waals surface area (Å²) in [6.45, 7) is 5.37. The molecule has 0 rings (SSSR count). The van der Waals surface area contributed by atoms with Crippen LogP contribution in [0.5, 0.6) is 0 Å². The van der Waals surface area contributed by atoms with E-state index in [0.717, 1.165) is 0 Å². The highest BCUT2D eigenvalue weighted by Gasteiger charge is 2.23. The molecule has 0 fully saturated rings. The van der Waals surface area contributed by atoms with E-state index in [0.29, 0.717) is 6.42 Å². The predicted molar refractivity (Wildman–Crippen MR) is 63.8 cm³/mol. The third-order valence-electron chi connectivity index (χ3n) is 2.29. The molecule has 0 aliphatic heterocycles. The fourth-order valence-corrected chi connectivity index (χ4v) is 1.35. The molecule has 2 amide bonds. The fourth-order valence-electron chi connectivity index (χ4n) is 1.35. The van der Waals surface area contributed by atoms with Crippen molar-refractivity contribution in [2.75, 3.05) is 13.6 Å². The number of nitrogens with zero attached hydrogens (tertiary/aromatic N) is 1. The average Bonchev–Trinajstić information content (AvgIpc) is 2.13. The third kappa shape index (κ3) is 7.57. The second-order valence-corrected chi connectivity index (χ2v) is 4.94. The Hall–Kier alpha value is -1.30. The van der Waals surface area contributed by atoms with E-state index >= 15 is 0 Å². The molecule has 6 nitrogen and oxygen atoms in total. The molecule has 0 saturated heterocycles. The van der Waals surface area contributed by atoms with E-state index in [1.54, 1.807) is 27.8 Å². The molecule has 0 spiro atoms. The number of amides is 2. The van der Waals surface area contributed by atoms with Gasteiger partial charge in [0, 0.05) is 25.6 Å². The Morgan fingerprint density at radius 3 is 2.35 bits per heavy atom. The summed E-state index contributed by atoms with van der Waals surface area (Å²) in [6.07, 6.45) is -0.225. The Morgan fingerprint density at radius 2 is 1.94 bits per heavy atom. The van der Waals surface area contributed by atoms with E-state index in [2.05, 4.69) is 5.32 Å². The van der Waals surface area contributed by atoms with E-state index in [1.807, 2.05) is 0 Å². The summed E-state index contributed by atoms with van der Waals surface area (Å²) in [4.78, 5) is 23.5. The van der Waals surface area contributed by atoms with Gasteiger partial charge in [-0.1, -0.05) is 0 Å². The number of urea groups is 1. The van der Waals surface area contributed by atoms with Crippen LogP contribution < -0.4 is 5.32 Å². The second kappa shape index (κ2) is 6.44. The van der Waals surface area contributed by atoms with Crippen molar-refractivity contribution in [2.45, 2.75) is 45.3 Å². The lowest BCUT2D eigenvalue weighted by molar-refractivity contribution is -0.137. The Bertz CT molecular complexity index is 277. The Morgan fingerprint density at radius 1 is 1.41 bits per heavy atom. The number of hydrogen-bond donors (Lipinski definition) is 3. The number of carboxylic acid groups (broad SMARTS) is 1. The first-order chi connectivity index (χ1) is 7.64. The number of rotatable bonds is 6. The molecule has 17 heavy (non-hydrogen) atoms. The van der Waals surface area contributed by atoms with E-state index in [-0.39, 0.29) is 19.0 Å². The molecular weight excluding hydrogens is 224 g/mol. The first kappa shape index (κ1) is 15.7. The summed E-state index contributed by atoms with van der Waals surface area (Å²) in [5, 5.41) is 20.5. The summed E-state index contributed by atoms with van der Waals surface area (Å²) in [6, 6.07) is -0.318. The lowest BCUT2D eigenvalue weighted by Crippen LogP contribution is -2.50. The number of nitrogens with one attached hydrogen (secondary N) is 1. The molecule has 1 unspecified atom stereocenters. The van der Waals surface area contributed by atoms with E-state index in [9.17, 15) is 9.59 Å². The zero-order chi connectivity index (χ0) is 13.6. The maximum absolute atomic E-state index is 11.7. The van der Waals surface area contributed by atoms with Crippen LogP contribution in [0, 0.1) is 0 Å². The number of carbonyl (C=O) groups excluding carboxylic acids is 1. The van der Waals surface area contributed by atoms with Gasteiger partial charge >= 0.3 is 12.0 Å². The first-order valence-electron chi connectivity index (χ1n) is 5.57. The van der Waals surface area contributed by atoms with Gasteiger partial charge in [0.15, 0.2) is 0 Å². The molecule has 0 radical (unpaired) electrons. The van der Waals surface area contributed by atoms with Crippen LogP contribution in [-0.2, 0) is 4.79 Å². The molecule has 0 aromatic rings. The molecule has 100 valence electrons. The molecule has 0 aromatic heterocycles. The van der Waals surface area contributed by atoms with Gasteiger partial charge in [0.25, 0.3) is 0 Å². The van der Waals surface area contributed by atoms with Crippen LogP contribution >= 0.6 is 0 Å². The number of carbonyl (C=O) groups is 2. The smallest absolute Gasteiger partial charge is 0.317 e. The Kier molecular flexibility index (Phi) is 5.95. The van der Waals surface area contributed by atoms with Crippen molar-refractivity contribution in [3.8, 4) is 0 Å². The van der Waals surface area contributed by atoms with Gasteiger partial charge < -0.3 is 20.4 Å². The predicted octanol–water partition coefficient (Wildman–Crippen LogP) is 0.652. The molecule has 0 aromatic carbocycles. The normalized spacial score (nSPS) is 13.0. The minimum atomic E-state index is -0.885. The largest absolute Gasteiger partial charge is 0.481 e. The minimum Gasteiger partial charge on any atom is -0.481 e. The van der Waals surface area contributed by atoms with Crippen LogP contribution in [-0.4, -0.2) is 52.3 Å². The Labute approximate surface area is 102 Å². The standard InChI is InChI=1S/C11H22N2O4/c1-8(14)7-13(4)10(17)12-11(2,3)6-5-9(15)16/h8,14H,5-7H2,1-4H3,(H,12,17)(H,15,16). The number of likely N-dealkylation sites (N-methyl/N-ethyl adjacent to an activating group) is 1. The highest BCUT2D eigenvalue weighted by Crippen LogP contribution is 2.11. The second-order valence-electron chi connectivity index (χ2n) is 4.94. The van der Waals surface area contributed by atoms with Crippen molar-refractivity contribution in [1.29, 1.82) is 0 Å². The molecule has 0 bridgehead atoms. The van der Waals surface area contributed by atoms with Gasteiger partial charge in [0.05, 0.1) is 6.10 Å². The zero-order valence-corrected chi connectivity index (χ0v) is 10.9. The van der Waals surface area contributed by atoms with E-state index in [1.165, 1.54) is 4.90 Å². The van der Waals surface area contributed by atoms with Crippen molar-refractivity contribution >= 4 is 12.0 Å². The third-order valence-corrected chi connectivity index (χ3v) is 2.29. The molecule has 0 aliphatic carbocycles. The Balaban J connectivity index is 4.20. The topological polar surface area (TPSA) is 89.9 Å². The van der Waals surface area contributed by atoms with Gasteiger partial charge in [-0.05, 0) is 27.2 Å². The SMILES string of the molecule is CC(O)CN(C)C(=O)NC(C)(C)CCC(=O)O. The van der Waals surface area contributed by atoms with E-state index < -0.39 is 17.6 Å². The van der Waals surface area contributed by atoms with Crippen molar-refractivity contribution in [3.63, 3.8) is 0 Å². The zero-order valence-electron chi connectivity index (χ0n) is 10.9. The summed E-state index contributed by atoms with van der Waals surface area (Å²) < 4.78 is 0. The van der Waals surface area contributed by atoms with Crippen LogP contribution in [0.4, 0.5) is 4.79 Å². The number of carboxylic acids is 1. The quantitative estimate of drug-likeness (QED) is 0.642. The maximum Gasteiger partial charge on any atom is 0.317 e. The number of aliphatic carboxylic acids is 1. The van der Waals surface area contributed by atoms with Crippen molar-refractivity contribution < 1.29 is 19.8 Å². The minimum absolute atomic E-state index is 0.00734. The van der Waals surface area contributed by atoms with Gasteiger partial charge in [-0.3, -0.25) is 4.79 Å². The van der Waals surface area contributed by atoms with Gasteiger partial charge in [0.2, 0.25) is 0 Å². The fraction of sp³-hybridized carbons (Fsp3) is 0.818. The molecule has 0 saturated carbocycles. The average molecular weight is 246 g/mol. The van der Waals surface area contributed by atoms with Gasteiger partial charge in [0.1, 0.15) is 0 Å². The van der Waals surface area contributed by atoms with Gasteiger partial charge in [-0.25, -0.2) is 4.79 Å². The van der Waals surface area contributed by atoms with Crippen molar-refractivity contribution in [2.24, 2.45) is 0 Å². The van der Waals surface area contributed by atoms with Crippen LogP contribution in [0.2, 0.25) is 0 Å². The highest BCUT2D eigenvalue weighted by atomic mass is 16.4. The number of hydrogen-bond acceptors (Lipinski definition) is 3. The molecule has 0 heterocycles. The summed E-state index contributed by atoms with van der Waals surface area (Å²) in [7, 11) is 1.58. The monoisotopic (exact) mass is 246 g/mol. The van der Waals surface area contributed by atoms with Crippen LogP contribution in [0.15, 0.2) is 0 Å². The van der Waals surface area contributed by atoms with Crippen LogP contribution in [0.3, 0.4) is 0 Å². The molecule has 3 N–H and O–H groups in total.